The summed E-state index contributed by atoms with van der Waals surface area (Å²) in [5.74, 6) is 2.10. The highest BCUT2D eigenvalue weighted by Gasteiger charge is 2.40. The van der Waals surface area contributed by atoms with Crippen LogP contribution in [0.4, 0.5) is 5.82 Å². The normalized spacial score (nSPS) is 21.0. The number of nitrogens with zero attached hydrogens (tertiary/aromatic N) is 4. The lowest BCUT2D eigenvalue weighted by molar-refractivity contribution is 0.0827. The molecular weight excluding hydrogens is 392 g/mol. The predicted octanol–water partition coefficient (Wildman–Crippen LogP) is 1.05. The van der Waals surface area contributed by atoms with Gasteiger partial charge in [-0.1, -0.05) is 6.07 Å². The molecule has 9 heteroatoms. The molecule has 0 unspecified atom stereocenters. The van der Waals surface area contributed by atoms with Crippen LogP contribution >= 0.6 is 0 Å². The summed E-state index contributed by atoms with van der Waals surface area (Å²) in [6.45, 7) is 5.62. The molecule has 0 N–H and O–H groups in total. The van der Waals surface area contributed by atoms with Crippen molar-refractivity contribution in [2.24, 2.45) is 0 Å². The quantitative estimate of drug-likeness (QED) is 0.737. The number of pyridine rings is 1. The van der Waals surface area contributed by atoms with Crippen molar-refractivity contribution in [3.05, 3.63) is 42.6 Å². The van der Waals surface area contributed by atoms with Crippen molar-refractivity contribution < 1.29 is 17.9 Å². The molecule has 0 atom stereocenters. The fourth-order valence-electron chi connectivity index (χ4n) is 4.03. The minimum Gasteiger partial charge on any atom is -0.486 e. The molecule has 0 spiro atoms. The Balaban J connectivity index is 1.19. The third kappa shape index (κ3) is 3.54. The molecule has 0 amide bonds. The van der Waals surface area contributed by atoms with E-state index in [0.717, 1.165) is 32.0 Å². The van der Waals surface area contributed by atoms with Crippen molar-refractivity contribution in [2.75, 3.05) is 57.4 Å². The first-order valence-corrected chi connectivity index (χ1v) is 11.3. The second-order valence-corrected chi connectivity index (χ2v) is 9.43. The molecule has 5 rings (SSSR count). The van der Waals surface area contributed by atoms with Gasteiger partial charge in [0.15, 0.2) is 11.5 Å². The van der Waals surface area contributed by atoms with Crippen LogP contribution in [0.1, 0.15) is 0 Å². The zero-order valence-electron chi connectivity index (χ0n) is 16.1. The smallest absolute Gasteiger partial charge is 0.243 e. The van der Waals surface area contributed by atoms with Crippen LogP contribution in [0, 0.1) is 0 Å². The van der Waals surface area contributed by atoms with E-state index in [1.807, 2.05) is 24.4 Å². The second-order valence-electron chi connectivity index (χ2n) is 7.49. The molecule has 1 aromatic heterocycles. The zero-order chi connectivity index (χ0) is 19.8. The van der Waals surface area contributed by atoms with Gasteiger partial charge >= 0.3 is 0 Å². The predicted molar refractivity (Wildman–Crippen MR) is 108 cm³/mol. The summed E-state index contributed by atoms with van der Waals surface area (Å²) in [4.78, 5) is 9.34. The zero-order valence-corrected chi connectivity index (χ0v) is 16.9. The van der Waals surface area contributed by atoms with Crippen molar-refractivity contribution in [1.82, 2.24) is 14.2 Å². The average molecular weight is 417 g/mol. The third-order valence-corrected chi connectivity index (χ3v) is 7.61. The third-order valence-electron chi connectivity index (χ3n) is 5.78. The number of rotatable bonds is 4. The minimum absolute atomic E-state index is 0.264. The molecule has 29 heavy (non-hydrogen) atoms. The maximum Gasteiger partial charge on any atom is 0.243 e. The monoisotopic (exact) mass is 416 g/mol. The van der Waals surface area contributed by atoms with E-state index < -0.39 is 10.0 Å². The van der Waals surface area contributed by atoms with Crippen LogP contribution in [0.25, 0.3) is 0 Å². The van der Waals surface area contributed by atoms with Gasteiger partial charge in [-0.05, 0) is 24.3 Å². The Kier molecular flexibility index (Phi) is 4.81. The average Bonchev–Trinajstić information content (AvgIpc) is 2.73. The number of anilines is 1. The topological polar surface area (TPSA) is 75.2 Å². The Morgan fingerprint density at radius 2 is 1.69 bits per heavy atom. The standard InChI is InChI=1S/C20H24N4O4S/c25-29(26,17-4-5-18-19(13-17)28-12-11-27-18)24-14-16(15-24)22-7-9-23(10-8-22)20-3-1-2-6-21-20/h1-6,13,16H,7-12,14-15H2. The number of aromatic nitrogens is 1. The number of benzene rings is 1. The van der Waals surface area contributed by atoms with Gasteiger partial charge < -0.3 is 14.4 Å². The summed E-state index contributed by atoms with van der Waals surface area (Å²) < 4.78 is 38.5. The Bertz CT molecular complexity index is 971. The number of piperazine rings is 1. The van der Waals surface area contributed by atoms with Crippen LogP contribution in [-0.2, 0) is 10.0 Å². The van der Waals surface area contributed by atoms with Crippen LogP contribution < -0.4 is 14.4 Å². The van der Waals surface area contributed by atoms with E-state index in [1.54, 1.807) is 22.5 Å². The Morgan fingerprint density at radius 1 is 0.931 bits per heavy atom. The highest BCUT2D eigenvalue weighted by Crippen LogP contribution is 2.34. The molecule has 0 radical (unpaired) electrons. The summed E-state index contributed by atoms with van der Waals surface area (Å²) in [7, 11) is -3.51. The molecule has 2 saturated heterocycles. The van der Waals surface area contributed by atoms with Crippen molar-refractivity contribution in [3.63, 3.8) is 0 Å². The lowest BCUT2D eigenvalue weighted by Crippen LogP contribution is -2.64. The highest BCUT2D eigenvalue weighted by atomic mass is 32.2. The number of fused-ring (bicyclic) bond motifs is 1. The van der Waals surface area contributed by atoms with E-state index >= 15 is 0 Å². The summed E-state index contributed by atoms with van der Waals surface area (Å²) in [5.41, 5.74) is 0. The number of hydrogen-bond acceptors (Lipinski definition) is 7. The van der Waals surface area contributed by atoms with E-state index in [1.165, 1.54) is 0 Å². The van der Waals surface area contributed by atoms with E-state index in [4.69, 9.17) is 9.47 Å². The molecule has 2 fully saturated rings. The lowest BCUT2D eigenvalue weighted by atomic mass is 10.1. The summed E-state index contributed by atoms with van der Waals surface area (Å²) in [5, 5.41) is 0. The van der Waals surface area contributed by atoms with E-state index in [2.05, 4.69) is 14.8 Å². The van der Waals surface area contributed by atoms with Gasteiger partial charge in [-0.2, -0.15) is 4.31 Å². The van der Waals surface area contributed by atoms with Crippen molar-refractivity contribution in [1.29, 1.82) is 0 Å². The number of sulfonamides is 1. The molecule has 0 saturated carbocycles. The molecule has 3 aliphatic heterocycles. The van der Waals surface area contributed by atoms with Gasteiger partial charge in [0.1, 0.15) is 19.0 Å². The van der Waals surface area contributed by atoms with Crippen LogP contribution in [-0.4, -0.2) is 81.1 Å². The molecule has 0 aliphatic carbocycles. The van der Waals surface area contributed by atoms with E-state index in [0.29, 0.717) is 37.8 Å². The summed E-state index contributed by atoms with van der Waals surface area (Å²) >= 11 is 0. The first kappa shape index (κ1) is 18.7. The maximum absolute atomic E-state index is 13.0. The van der Waals surface area contributed by atoms with Gasteiger partial charge in [-0.15, -0.1) is 0 Å². The van der Waals surface area contributed by atoms with Crippen LogP contribution in [0.2, 0.25) is 0 Å². The second kappa shape index (κ2) is 7.47. The van der Waals surface area contributed by atoms with Gasteiger partial charge in [0.25, 0.3) is 0 Å². The van der Waals surface area contributed by atoms with E-state index in [9.17, 15) is 8.42 Å². The van der Waals surface area contributed by atoms with Gasteiger partial charge in [-0.25, -0.2) is 13.4 Å². The van der Waals surface area contributed by atoms with Gasteiger partial charge in [0, 0.05) is 57.6 Å². The number of ether oxygens (including phenoxy) is 2. The molecule has 4 heterocycles. The SMILES string of the molecule is O=S(=O)(c1ccc2c(c1)OCCO2)N1CC(N2CCN(c3ccccn3)CC2)C1. The van der Waals surface area contributed by atoms with Gasteiger partial charge in [0.05, 0.1) is 4.90 Å². The lowest BCUT2D eigenvalue weighted by Gasteiger charge is -2.47. The van der Waals surface area contributed by atoms with Gasteiger partial charge in [-0.3, -0.25) is 4.90 Å². The Hall–Kier alpha value is -2.36. The highest BCUT2D eigenvalue weighted by molar-refractivity contribution is 7.89. The van der Waals surface area contributed by atoms with Crippen molar-refractivity contribution >= 4 is 15.8 Å². The summed E-state index contributed by atoms with van der Waals surface area (Å²) in [6.07, 6.45) is 1.81. The molecule has 2 aromatic rings. The molecular formula is C20H24N4O4S. The Morgan fingerprint density at radius 3 is 2.41 bits per heavy atom. The Labute approximate surface area is 170 Å². The fourth-order valence-corrected chi connectivity index (χ4v) is 5.56. The van der Waals surface area contributed by atoms with Crippen LogP contribution in [0.15, 0.2) is 47.5 Å². The fraction of sp³-hybridized carbons (Fsp3) is 0.450. The first-order valence-electron chi connectivity index (χ1n) is 9.91. The molecule has 0 bridgehead atoms. The van der Waals surface area contributed by atoms with Gasteiger partial charge in [0.2, 0.25) is 10.0 Å². The van der Waals surface area contributed by atoms with E-state index in [-0.39, 0.29) is 10.9 Å². The molecule has 154 valence electrons. The largest absolute Gasteiger partial charge is 0.486 e. The van der Waals surface area contributed by atoms with Crippen molar-refractivity contribution in [2.45, 2.75) is 10.9 Å². The molecule has 8 nitrogen and oxygen atoms in total. The summed E-state index contributed by atoms with van der Waals surface area (Å²) in [6, 6.07) is 11.1. The minimum atomic E-state index is -3.51. The molecule has 3 aliphatic rings. The molecule has 1 aromatic carbocycles. The number of hydrogen-bond donors (Lipinski definition) is 0. The van der Waals surface area contributed by atoms with Crippen LogP contribution in [0.3, 0.4) is 0 Å². The maximum atomic E-state index is 13.0. The van der Waals surface area contributed by atoms with Crippen LogP contribution in [0.5, 0.6) is 11.5 Å². The first-order chi connectivity index (χ1) is 14.1. The van der Waals surface area contributed by atoms with Crippen molar-refractivity contribution in [3.8, 4) is 11.5 Å².